The summed E-state index contributed by atoms with van der Waals surface area (Å²) in [6, 6.07) is 12.5. The molecular formula is C35H51N7O7. The smallest absolute Gasteiger partial charge is 0.328 e. The Morgan fingerprint density at radius 3 is 1.59 bits per heavy atom. The standard InChI is InChI=1S/C35H51N7O7/c1-20(2)28(33(46)42-29(21(3)4)34(47)49-7)41-32(45)26(18-24-14-10-8-11-15-24)38-35(48)40-27(19-25-16-12-9-13-17-25)39-31(44)23(6)37-30(43)22(5)36/h8-17,20-23,26-29H,18-19,36H2,1-7H3,(H,37,43)(H,39,44)(H,41,45)(H,42,46)(H2,38,40,48)/t22-,23-,26+,27-,28-,29-/m0/s1. The van der Waals surface area contributed by atoms with Crippen LogP contribution in [0, 0.1) is 11.8 Å². The lowest BCUT2D eigenvalue weighted by Gasteiger charge is -2.28. The van der Waals surface area contributed by atoms with E-state index < -0.39 is 72.0 Å². The van der Waals surface area contributed by atoms with Gasteiger partial charge in [0.05, 0.1) is 13.2 Å². The lowest BCUT2D eigenvalue weighted by atomic mass is 9.99. The number of carbonyl (C=O) groups excluding carboxylic acids is 6. The van der Waals surface area contributed by atoms with Crippen LogP contribution in [0.5, 0.6) is 0 Å². The zero-order valence-corrected chi connectivity index (χ0v) is 29.2. The Balaban J connectivity index is 2.29. The Morgan fingerprint density at radius 2 is 1.10 bits per heavy atom. The highest BCUT2D eigenvalue weighted by atomic mass is 16.5. The molecular weight excluding hydrogens is 630 g/mol. The molecule has 0 aliphatic rings. The Hall–Kier alpha value is -4.98. The highest BCUT2D eigenvalue weighted by Crippen LogP contribution is 2.10. The maximum atomic E-state index is 13.8. The van der Waals surface area contributed by atoms with Crippen LogP contribution in [0.1, 0.15) is 52.7 Å². The van der Waals surface area contributed by atoms with Gasteiger partial charge in [-0.25, -0.2) is 9.59 Å². The number of rotatable bonds is 17. The largest absolute Gasteiger partial charge is 0.467 e. The van der Waals surface area contributed by atoms with Gasteiger partial charge in [0.15, 0.2) is 0 Å². The Morgan fingerprint density at radius 1 is 0.592 bits per heavy atom. The maximum absolute atomic E-state index is 13.8. The molecule has 6 atom stereocenters. The van der Waals surface area contributed by atoms with Crippen molar-refractivity contribution in [2.75, 3.05) is 7.11 Å². The molecule has 14 nitrogen and oxygen atoms in total. The number of esters is 1. The van der Waals surface area contributed by atoms with Gasteiger partial charge in [-0.2, -0.15) is 0 Å². The van der Waals surface area contributed by atoms with E-state index in [1.165, 1.54) is 21.0 Å². The molecule has 2 rings (SSSR count). The molecule has 8 N–H and O–H groups in total. The third-order valence-corrected chi connectivity index (χ3v) is 7.64. The Labute approximate surface area is 288 Å². The van der Waals surface area contributed by atoms with Gasteiger partial charge < -0.3 is 42.4 Å². The minimum atomic E-state index is -1.14. The molecule has 0 fully saturated rings. The first-order valence-corrected chi connectivity index (χ1v) is 16.3. The normalized spacial score (nSPS) is 14.7. The predicted octanol–water partition coefficient (Wildman–Crippen LogP) is 0.888. The molecule has 2 aromatic rings. The van der Waals surface area contributed by atoms with Crippen LogP contribution in [0.15, 0.2) is 60.7 Å². The number of ether oxygens (including phenoxy) is 1. The van der Waals surface area contributed by atoms with E-state index in [0.29, 0.717) is 0 Å². The number of benzene rings is 2. The number of nitrogens with two attached hydrogens (primary N) is 1. The van der Waals surface area contributed by atoms with Crippen molar-refractivity contribution in [1.82, 2.24) is 31.9 Å². The number of carbonyl (C=O) groups is 6. The third kappa shape index (κ3) is 13.6. The van der Waals surface area contributed by atoms with Crippen molar-refractivity contribution < 1.29 is 33.5 Å². The molecule has 0 aromatic heterocycles. The fourth-order valence-electron chi connectivity index (χ4n) is 4.77. The number of hydrogen-bond acceptors (Lipinski definition) is 8. The van der Waals surface area contributed by atoms with Crippen LogP contribution in [0.3, 0.4) is 0 Å². The quantitative estimate of drug-likeness (QED) is 0.0940. The van der Waals surface area contributed by atoms with Crippen LogP contribution in [0.4, 0.5) is 4.79 Å². The van der Waals surface area contributed by atoms with Gasteiger partial charge in [0, 0.05) is 12.8 Å². The predicted molar refractivity (Wildman–Crippen MR) is 184 cm³/mol. The number of urea groups is 1. The topological polar surface area (TPSA) is 210 Å². The van der Waals surface area contributed by atoms with Crippen molar-refractivity contribution in [2.45, 2.75) is 90.8 Å². The number of nitrogens with one attached hydrogen (secondary N) is 6. The molecule has 0 bridgehead atoms. The molecule has 0 unspecified atom stereocenters. The number of amides is 6. The van der Waals surface area contributed by atoms with Gasteiger partial charge in [0.25, 0.3) is 0 Å². The van der Waals surface area contributed by atoms with Gasteiger partial charge in [0.2, 0.25) is 23.6 Å². The third-order valence-electron chi connectivity index (χ3n) is 7.64. The summed E-state index contributed by atoms with van der Waals surface area (Å²) in [4.78, 5) is 77.9. The first-order chi connectivity index (χ1) is 23.1. The molecule has 0 spiro atoms. The van der Waals surface area contributed by atoms with Crippen LogP contribution in [-0.2, 0) is 41.6 Å². The van der Waals surface area contributed by atoms with Crippen molar-refractivity contribution in [3.8, 4) is 0 Å². The molecule has 0 radical (unpaired) electrons. The molecule has 0 aliphatic heterocycles. The van der Waals surface area contributed by atoms with Crippen molar-refractivity contribution in [3.63, 3.8) is 0 Å². The zero-order chi connectivity index (χ0) is 36.7. The molecule has 14 heteroatoms. The average Bonchev–Trinajstić information content (AvgIpc) is 3.05. The van der Waals surface area contributed by atoms with E-state index in [1.807, 2.05) is 36.4 Å². The second-order valence-corrected chi connectivity index (χ2v) is 12.6. The van der Waals surface area contributed by atoms with E-state index in [-0.39, 0.29) is 24.7 Å². The average molecular weight is 682 g/mol. The monoisotopic (exact) mass is 681 g/mol. The summed E-state index contributed by atoms with van der Waals surface area (Å²) in [6.07, 6.45) is -0.666. The molecule has 2 aromatic carbocycles. The van der Waals surface area contributed by atoms with Crippen molar-refractivity contribution in [3.05, 3.63) is 71.8 Å². The van der Waals surface area contributed by atoms with Crippen LogP contribution in [-0.4, -0.2) is 79.1 Å². The fraction of sp³-hybridized carbons (Fsp3) is 0.486. The Bertz CT molecular complexity index is 1400. The van der Waals surface area contributed by atoms with E-state index >= 15 is 0 Å². The van der Waals surface area contributed by atoms with E-state index in [0.717, 1.165) is 11.1 Å². The molecule has 0 heterocycles. The number of methoxy groups -OCH3 is 1. The summed E-state index contributed by atoms with van der Waals surface area (Å²) in [6.45, 7) is 9.99. The van der Waals surface area contributed by atoms with Gasteiger partial charge in [-0.05, 0) is 36.8 Å². The second kappa shape index (κ2) is 19.7. The summed E-state index contributed by atoms with van der Waals surface area (Å²) in [5, 5.41) is 16.1. The van der Waals surface area contributed by atoms with Gasteiger partial charge in [-0.15, -0.1) is 0 Å². The SMILES string of the molecule is COC(=O)[C@@H](NC(=O)[C@@H](NC(=O)[C@@H](Cc1ccccc1)NC(=O)N[C@@H](Cc1ccccc1)NC(=O)[C@H](C)NC(=O)[C@H](C)N)C(C)C)C(C)C. The van der Waals surface area contributed by atoms with Crippen LogP contribution in [0.25, 0.3) is 0 Å². The molecule has 0 saturated heterocycles. The lowest BCUT2D eigenvalue weighted by Crippen LogP contribution is -2.61. The van der Waals surface area contributed by atoms with Crippen LogP contribution in [0.2, 0.25) is 0 Å². The summed E-state index contributed by atoms with van der Waals surface area (Å²) in [7, 11) is 1.23. The molecule has 268 valence electrons. The van der Waals surface area contributed by atoms with E-state index in [9.17, 15) is 28.8 Å². The van der Waals surface area contributed by atoms with E-state index in [4.69, 9.17) is 10.5 Å². The molecule has 0 aliphatic carbocycles. The first-order valence-electron chi connectivity index (χ1n) is 16.3. The molecule has 49 heavy (non-hydrogen) atoms. The highest BCUT2D eigenvalue weighted by molar-refractivity contribution is 5.94. The van der Waals surface area contributed by atoms with E-state index in [2.05, 4.69) is 31.9 Å². The van der Waals surface area contributed by atoms with Crippen molar-refractivity contribution in [2.24, 2.45) is 17.6 Å². The van der Waals surface area contributed by atoms with Gasteiger partial charge >= 0.3 is 12.0 Å². The van der Waals surface area contributed by atoms with Gasteiger partial charge in [-0.1, -0.05) is 88.4 Å². The van der Waals surface area contributed by atoms with E-state index in [1.54, 1.807) is 52.0 Å². The summed E-state index contributed by atoms with van der Waals surface area (Å²) < 4.78 is 4.83. The molecule has 6 amide bonds. The van der Waals surface area contributed by atoms with Crippen LogP contribution < -0.4 is 37.6 Å². The minimum absolute atomic E-state index is 0.0827. The first kappa shape index (κ1) is 40.2. The summed E-state index contributed by atoms with van der Waals surface area (Å²) in [5.74, 6) is -3.55. The van der Waals surface area contributed by atoms with Crippen LogP contribution >= 0.6 is 0 Å². The number of hydrogen-bond donors (Lipinski definition) is 7. The minimum Gasteiger partial charge on any atom is -0.467 e. The van der Waals surface area contributed by atoms with Crippen molar-refractivity contribution in [1.29, 1.82) is 0 Å². The molecule has 0 saturated carbocycles. The van der Waals surface area contributed by atoms with Gasteiger partial charge in [0.1, 0.15) is 30.3 Å². The summed E-state index contributed by atoms with van der Waals surface area (Å²) in [5.41, 5.74) is 7.16. The highest BCUT2D eigenvalue weighted by Gasteiger charge is 2.33. The fourth-order valence-corrected chi connectivity index (χ4v) is 4.77. The summed E-state index contributed by atoms with van der Waals surface area (Å²) >= 11 is 0. The maximum Gasteiger partial charge on any atom is 0.328 e. The Kier molecular flexibility index (Phi) is 16.2. The van der Waals surface area contributed by atoms with Crippen molar-refractivity contribution >= 4 is 35.6 Å². The second-order valence-electron chi connectivity index (χ2n) is 12.6. The zero-order valence-electron chi connectivity index (χ0n) is 29.2. The van der Waals surface area contributed by atoms with Gasteiger partial charge in [-0.3, -0.25) is 19.2 Å². The lowest BCUT2D eigenvalue weighted by molar-refractivity contribution is -0.146.